The summed E-state index contributed by atoms with van der Waals surface area (Å²) in [5.41, 5.74) is 1.90. The summed E-state index contributed by atoms with van der Waals surface area (Å²) in [6, 6.07) is 13.5. The molecule has 1 aliphatic rings. The van der Waals surface area contributed by atoms with Crippen LogP contribution in [0.5, 0.6) is 17.2 Å². The zero-order valence-corrected chi connectivity index (χ0v) is 13.6. The van der Waals surface area contributed by atoms with Gasteiger partial charge in [-0.2, -0.15) is 0 Å². The van der Waals surface area contributed by atoms with E-state index in [0.717, 1.165) is 28.5 Å². The number of ether oxygens (including phenoxy) is 3. The van der Waals surface area contributed by atoms with Gasteiger partial charge in [0.05, 0.1) is 7.11 Å². The van der Waals surface area contributed by atoms with Crippen molar-refractivity contribution in [1.29, 1.82) is 0 Å². The lowest BCUT2D eigenvalue weighted by atomic mass is 10.2. The lowest BCUT2D eigenvalue weighted by Gasteiger charge is -2.19. The summed E-state index contributed by atoms with van der Waals surface area (Å²) in [4.78, 5) is 0. The number of anilines is 1. The van der Waals surface area contributed by atoms with Gasteiger partial charge in [0.15, 0.2) is 16.6 Å². The van der Waals surface area contributed by atoms with E-state index in [0.29, 0.717) is 24.9 Å². The number of rotatable bonds is 4. The van der Waals surface area contributed by atoms with Crippen LogP contribution in [0.1, 0.15) is 5.56 Å². The van der Waals surface area contributed by atoms with E-state index in [2.05, 4.69) is 10.6 Å². The molecule has 1 aliphatic heterocycles. The summed E-state index contributed by atoms with van der Waals surface area (Å²) in [6.45, 7) is 1.73. The monoisotopic (exact) mass is 330 g/mol. The molecule has 0 aromatic heterocycles. The molecular formula is C17H18N2O3S. The normalized spacial score (nSPS) is 12.4. The molecule has 0 atom stereocenters. The molecule has 0 amide bonds. The number of hydrogen-bond acceptors (Lipinski definition) is 4. The standard InChI is InChI=1S/C17H18N2O3S/c1-20-14-5-3-2-4-12(14)11-18-17(23)19-13-6-7-15-16(10-13)22-9-8-21-15/h2-7,10H,8-9,11H2,1H3,(H2,18,19,23). The Kier molecular flexibility index (Phi) is 4.83. The Balaban J connectivity index is 1.59. The number of para-hydroxylation sites is 1. The molecule has 0 bridgehead atoms. The Labute approximate surface area is 140 Å². The van der Waals surface area contributed by atoms with Gasteiger partial charge in [-0.3, -0.25) is 0 Å². The third kappa shape index (κ3) is 3.84. The molecule has 0 fully saturated rings. The topological polar surface area (TPSA) is 51.8 Å². The van der Waals surface area contributed by atoms with Gasteiger partial charge in [0, 0.05) is 23.9 Å². The molecule has 120 valence electrons. The third-order valence-electron chi connectivity index (χ3n) is 3.43. The SMILES string of the molecule is COc1ccccc1CNC(=S)Nc1ccc2c(c1)OCCO2. The van der Waals surface area contributed by atoms with E-state index in [9.17, 15) is 0 Å². The summed E-state index contributed by atoms with van der Waals surface area (Å²) in [5.74, 6) is 2.32. The van der Waals surface area contributed by atoms with Crippen molar-refractivity contribution in [3.05, 3.63) is 48.0 Å². The van der Waals surface area contributed by atoms with Gasteiger partial charge in [0.2, 0.25) is 0 Å². The molecule has 6 heteroatoms. The fraction of sp³-hybridized carbons (Fsp3) is 0.235. The summed E-state index contributed by atoms with van der Waals surface area (Å²) < 4.78 is 16.4. The summed E-state index contributed by atoms with van der Waals surface area (Å²) in [7, 11) is 1.66. The molecule has 0 spiro atoms. The Hall–Kier alpha value is -2.47. The maximum atomic E-state index is 5.56. The zero-order valence-electron chi connectivity index (χ0n) is 12.8. The molecule has 1 heterocycles. The van der Waals surface area contributed by atoms with Crippen LogP contribution in [0.4, 0.5) is 5.69 Å². The van der Waals surface area contributed by atoms with Crippen LogP contribution in [-0.2, 0) is 6.54 Å². The number of benzene rings is 2. The van der Waals surface area contributed by atoms with Crippen LogP contribution < -0.4 is 24.8 Å². The molecular weight excluding hydrogens is 312 g/mol. The van der Waals surface area contributed by atoms with E-state index in [1.165, 1.54) is 0 Å². The summed E-state index contributed by atoms with van der Waals surface area (Å²) >= 11 is 5.33. The average Bonchev–Trinajstić information content (AvgIpc) is 2.60. The fourth-order valence-electron chi connectivity index (χ4n) is 2.32. The highest BCUT2D eigenvalue weighted by Gasteiger charge is 2.12. The smallest absolute Gasteiger partial charge is 0.171 e. The van der Waals surface area contributed by atoms with Gasteiger partial charge in [-0.15, -0.1) is 0 Å². The molecule has 0 saturated heterocycles. The minimum Gasteiger partial charge on any atom is -0.496 e. The van der Waals surface area contributed by atoms with Crippen molar-refractivity contribution in [2.24, 2.45) is 0 Å². The zero-order chi connectivity index (χ0) is 16.1. The first-order valence-corrected chi connectivity index (χ1v) is 7.73. The minimum absolute atomic E-state index is 0.535. The van der Waals surface area contributed by atoms with Gasteiger partial charge in [-0.05, 0) is 30.4 Å². The molecule has 2 aromatic carbocycles. The lowest BCUT2D eigenvalue weighted by Crippen LogP contribution is -2.28. The molecule has 2 N–H and O–H groups in total. The van der Waals surface area contributed by atoms with Crippen LogP contribution in [0.15, 0.2) is 42.5 Å². The summed E-state index contributed by atoms with van der Waals surface area (Å²) in [5, 5.41) is 6.85. The third-order valence-corrected chi connectivity index (χ3v) is 3.68. The van der Waals surface area contributed by atoms with E-state index >= 15 is 0 Å². The van der Waals surface area contributed by atoms with Crippen LogP contribution in [-0.4, -0.2) is 25.4 Å². The predicted octanol–water partition coefficient (Wildman–Crippen LogP) is 2.95. The lowest BCUT2D eigenvalue weighted by molar-refractivity contribution is 0.171. The average molecular weight is 330 g/mol. The first-order valence-electron chi connectivity index (χ1n) is 7.32. The predicted molar refractivity (Wildman–Crippen MR) is 93.5 cm³/mol. The molecule has 3 rings (SSSR count). The van der Waals surface area contributed by atoms with E-state index < -0.39 is 0 Å². The molecule has 0 saturated carbocycles. The van der Waals surface area contributed by atoms with Crippen LogP contribution in [0.2, 0.25) is 0 Å². The van der Waals surface area contributed by atoms with Crippen molar-refractivity contribution in [3.8, 4) is 17.2 Å². The van der Waals surface area contributed by atoms with Crippen molar-refractivity contribution < 1.29 is 14.2 Å². The first-order chi connectivity index (χ1) is 11.3. The largest absolute Gasteiger partial charge is 0.496 e. The maximum absolute atomic E-state index is 5.56. The number of methoxy groups -OCH3 is 1. The first kappa shape index (κ1) is 15.4. The highest BCUT2D eigenvalue weighted by Crippen LogP contribution is 2.32. The van der Waals surface area contributed by atoms with Gasteiger partial charge in [0.25, 0.3) is 0 Å². The Bertz CT molecular complexity index is 706. The van der Waals surface area contributed by atoms with Gasteiger partial charge in [-0.1, -0.05) is 18.2 Å². The molecule has 0 aliphatic carbocycles. The van der Waals surface area contributed by atoms with Gasteiger partial charge >= 0.3 is 0 Å². The molecule has 0 radical (unpaired) electrons. The van der Waals surface area contributed by atoms with Crippen LogP contribution in [0.25, 0.3) is 0 Å². The Morgan fingerprint density at radius 1 is 1.13 bits per heavy atom. The van der Waals surface area contributed by atoms with Gasteiger partial charge in [-0.25, -0.2) is 0 Å². The van der Waals surface area contributed by atoms with E-state index in [4.69, 9.17) is 26.4 Å². The van der Waals surface area contributed by atoms with Crippen LogP contribution >= 0.6 is 12.2 Å². The Morgan fingerprint density at radius 2 is 1.91 bits per heavy atom. The van der Waals surface area contributed by atoms with Crippen molar-refractivity contribution in [1.82, 2.24) is 5.32 Å². The van der Waals surface area contributed by atoms with Gasteiger partial charge in [0.1, 0.15) is 19.0 Å². The molecule has 2 aromatic rings. The number of fused-ring (bicyclic) bond motifs is 1. The van der Waals surface area contributed by atoms with Crippen LogP contribution in [0.3, 0.4) is 0 Å². The number of nitrogens with one attached hydrogen (secondary N) is 2. The summed E-state index contributed by atoms with van der Waals surface area (Å²) in [6.07, 6.45) is 0. The minimum atomic E-state index is 0.535. The van der Waals surface area contributed by atoms with Crippen molar-refractivity contribution >= 4 is 23.0 Å². The Morgan fingerprint density at radius 3 is 2.74 bits per heavy atom. The second kappa shape index (κ2) is 7.19. The maximum Gasteiger partial charge on any atom is 0.171 e. The highest BCUT2D eigenvalue weighted by molar-refractivity contribution is 7.80. The van der Waals surface area contributed by atoms with Gasteiger partial charge < -0.3 is 24.8 Å². The van der Waals surface area contributed by atoms with E-state index in [1.807, 2.05) is 42.5 Å². The van der Waals surface area contributed by atoms with Crippen molar-refractivity contribution in [3.63, 3.8) is 0 Å². The van der Waals surface area contributed by atoms with Crippen molar-refractivity contribution in [2.75, 3.05) is 25.6 Å². The number of thiocarbonyl (C=S) groups is 1. The van der Waals surface area contributed by atoms with Crippen molar-refractivity contribution in [2.45, 2.75) is 6.54 Å². The quantitative estimate of drug-likeness (QED) is 0.841. The fourth-order valence-corrected chi connectivity index (χ4v) is 2.51. The van der Waals surface area contributed by atoms with E-state index in [1.54, 1.807) is 7.11 Å². The molecule has 5 nitrogen and oxygen atoms in total. The van der Waals surface area contributed by atoms with E-state index in [-0.39, 0.29) is 0 Å². The number of hydrogen-bond donors (Lipinski definition) is 2. The molecule has 23 heavy (non-hydrogen) atoms. The second-order valence-corrected chi connectivity index (χ2v) is 5.39. The molecule has 0 unspecified atom stereocenters. The van der Waals surface area contributed by atoms with Crippen LogP contribution in [0, 0.1) is 0 Å². The highest BCUT2D eigenvalue weighted by atomic mass is 32.1. The second-order valence-electron chi connectivity index (χ2n) is 4.98.